The zero-order chi connectivity index (χ0) is 18.9. The molecule has 0 unspecified atom stereocenters. The average molecular weight is 403 g/mol. The molecule has 1 aromatic carbocycles. The highest BCUT2D eigenvalue weighted by Gasteiger charge is 2.18. The van der Waals surface area contributed by atoms with E-state index in [1.165, 1.54) is 16.6 Å². The second kappa shape index (κ2) is 7.14. The van der Waals surface area contributed by atoms with Crippen molar-refractivity contribution in [3.63, 3.8) is 0 Å². The van der Waals surface area contributed by atoms with Crippen LogP contribution in [0.5, 0.6) is 0 Å². The minimum Gasteiger partial charge on any atom is -0.270 e. The van der Waals surface area contributed by atoms with Gasteiger partial charge in [0.1, 0.15) is 16.2 Å². The summed E-state index contributed by atoms with van der Waals surface area (Å²) in [5, 5.41) is 11.6. The third-order valence-electron chi connectivity index (χ3n) is 4.19. The van der Waals surface area contributed by atoms with E-state index in [9.17, 15) is 0 Å². The number of thiophene rings is 1. The van der Waals surface area contributed by atoms with Gasteiger partial charge in [0.25, 0.3) is 0 Å². The van der Waals surface area contributed by atoms with Gasteiger partial charge < -0.3 is 0 Å². The normalized spacial score (nSPS) is 11.2. The lowest BCUT2D eigenvalue weighted by Crippen LogP contribution is -1.99. The molecule has 0 amide bonds. The van der Waals surface area contributed by atoms with Crippen LogP contribution in [0.3, 0.4) is 0 Å². The van der Waals surface area contributed by atoms with Gasteiger partial charge in [-0.25, -0.2) is 9.97 Å². The van der Waals surface area contributed by atoms with E-state index in [0.29, 0.717) is 0 Å². The first kappa shape index (κ1) is 17.0. The number of hydrogen-bond acceptors (Lipinski definition) is 7. The van der Waals surface area contributed by atoms with Crippen LogP contribution < -0.4 is 0 Å². The van der Waals surface area contributed by atoms with E-state index in [4.69, 9.17) is 0 Å². The molecule has 8 heteroatoms. The van der Waals surface area contributed by atoms with Gasteiger partial charge in [0.2, 0.25) is 5.16 Å². The molecule has 0 atom stereocenters. The summed E-state index contributed by atoms with van der Waals surface area (Å²) in [7, 11) is 0. The van der Waals surface area contributed by atoms with Crippen LogP contribution in [-0.2, 0) is 0 Å². The number of hydrogen-bond donors (Lipinski definition) is 0. The number of aromatic nitrogens is 6. The molecule has 4 heterocycles. The van der Waals surface area contributed by atoms with E-state index in [1.54, 1.807) is 30.1 Å². The van der Waals surface area contributed by atoms with Crippen molar-refractivity contribution in [2.24, 2.45) is 0 Å². The molecule has 0 fully saturated rings. The van der Waals surface area contributed by atoms with Gasteiger partial charge in [0, 0.05) is 33.9 Å². The fourth-order valence-electron chi connectivity index (χ4n) is 2.96. The maximum atomic E-state index is 4.50. The molecule has 28 heavy (non-hydrogen) atoms. The molecule has 5 aromatic rings. The molecule has 0 aliphatic carbocycles. The predicted molar refractivity (Wildman–Crippen MR) is 111 cm³/mol. The van der Waals surface area contributed by atoms with E-state index < -0.39 is 0 Å². The van der Waals surface area contributed by atoms with Crippen molar-refractivity contribution in [1.29, 1.82) is 0 Å². The van der Waals surface area contributed by atoms with E-state index in [1.807, 2.05) is 47.0 Å². The molecule has 4 aromatic heterocycles. The Bertz CT molecular complexity index is 1250. The van der Waals surface area contributed by atoms with E-state index >= 15 is 0 Å². The second-order valence-corrected chi connectivity index (χ2v) is 8.26. The van der Waals surface area contributed by atoms with Gasteiger partial charge in [-0.05, 0) is 49.0 Å². The van der Waals surface area contributed by atoms with E-state index in [2.05, 4.69) is 38.1 Å². The fraction of sp³-hybridized carbons (Fsp3) is 0.0500. The van der Waals surface area contributed by atoms with Crippen molar-refractivity contribution in [2.75, 3.05) is 0 Å². The molecule has 0 bridgehead atoms. The number of para-hydroxylation sites is 1. The molecule has 0 saturated heterocycles. The molecule has 136 valence electrons. The van der Waals surface area contributed by atoms with Crippen molar-refractivity contribution in [2.45, 2.75) is 17.1 Å². The van der Waals surface area contributed by atoms with Crippen molar-refractivity contribution in [3.05, 3.63) is 72.1 Å². The molecule has 0 aliphatic heterocycles. The van der Waals surface area contributed by atoms with Crippen LogP contribution in [-0.4, -0.2) is 29.7 Å². The highest BCUT2D eigenvalue weighted by molar-refractivity contribution is 7.99. The summed E-state index contributed by atoms with van der Waals surface area (Å²) >= 11 is 3.16. The van der Waals surface area contributed by atoms with Crippen molar-refractivity contribution >= 4 is 33.3 Å². The lowest BCUT2D eigenvalue weighted by atomic mass is 10.2. The topological polar surface area (TPSA) is 69.4 Å². The SMILES string of the molecule is Cc1cc2c(Sc3nnc(-c4ccncc4)n3-c3ccccc3)ncnc2s1. The molecule has 0 saturated carbocycles. The van der Waals surface area contributed by atoms with Crippen LogP contribution in [0.1, 0.15) is 4.88 Å². The average Bonchev–Trinajstić information content (AvgIpc) is 3.33. The summed E-state index contributed by atoms with van der Waals surface area (Å²) < 4.78 is 2.05. The first-order valence-corrected chi connectivity index (χ1v) is 10.2. The molecular formula is C20H14N6S2. The molecule has 0 radical (unpaired) electrons. The van der Waals surface area contributed by atoms with Crippen LogP contribution in [0, 0.1) is 6.92 Å². The summed E-state index contributed by atoms with van der Waals surface area (Å²) in [6, 6.07) is 16.1. The zero-order valence-electron chi connectivity index (χ0n) is 14.9. The first-order valence-electron chi connectivity index (χ1n) is 8.60. The summed E-state index contributed by atoms with van der Waals surface area (Å²) in [6.45, 7) is 2.08. The van der Waals surface area contributed by atoms with Gasteiger partial charge in [-0.2, -0.15) is 0 Å². The summed E-state index contributed by atoms with van der Waals surface area (Å²) in [4.78, 5) is 15.2. The van der Waals surface area contributed by atoms with Gasteiger partial charge in [-0.3, -0.25) is 9.55 Å². The Morgan fingerprint density at radius 3 is 2.61 bits per heavy atom. The van der Waals surface area contributed by atoms with Crippen LogP contribution >= 0.6 is 23.1 Å². The van der Waals surface area contributed by atoms with E-state index in [-0.39, 0.29) is 0 Å². The summed E-state index contributed by atoms with van der Waals surface area (Å²) in [5.74, 6) is 0.767. The van der Waals surface area contributed by atoms with Gasteiger partial charge in [-0.1, -0.05) is 18.2 Å². The Kier molecular flexibility index (Phi) is 4.34. The highest BCUT2D eigenvalue weighted by Crippen LogP contribution is 2.36. The molecule has 6 nitrogen and oxygen atoms in total. The fourth-order valence-corrected chi connectivity index (χ4v) is 4.77. The molecule has 5 rings (SSSR count). The molecule has 0 aliphatic rings. The Morgan fingerprint density at radius 2 is 1.79 bits per heavy atom. The maximum absolute atomic E-state index is 4.50. The molecule has 0 spiro atoms. The van der Waals surface area contributed by atoms with Crippen molar-refractivity contribution < 1.29 is 0 Å². The monoisotopic (exact) mass is 402 g/mol. The standard InChI is InChI=1S/C20H14N6S2/c1-13-11-16-18(27-13)22-12-23-19(16)28-20-25-24-17(14-7-9-21-10-8-14)26(20)15-5-3-2-4-6-15/h2-12H,1H3. The van der Waals surface area contributed by atoms with Crippen molar-refractivity contribution in [3.8, 4) is 17.1 Å². The number of aryl methyl sites for hydroxylation is 1. The smallest absolute Gasteiger partial charge is 0.202 e. The number of rotatable bonds is 4. The predicted octanol–water partition coefficient (Wildman–Crippen LogP) is 4.79. The minimum absolute atomic E-state index is 0.752. The van der Waals surface area contributed by atoms with Gasteiger partial charge in [-0.15, -0.1) is 21.5 Å². The number of nitrogens with zero attached hydrogens (tertiary/aromatic N) is 6. The largest absolute Gasteiger partial charge is 0.270 e. The Morgan fingerprint density at radius 1 is 0.964 bits per heavy atom. The summed E-state index contributed by atoms with van der Waals surface area (Å²) in [6.07, 6.45) is 5.12. The second-order valence-electron chi connectivity index (χ2n) is 6.07. The first-order chi connectivity index (χ1) is 13.8. The molecular weight excluding hydrogens is 388 g/mol. The van der Waals surface area contributed by atoms with Gasteiger partial charge in [0.15, 0.2) is 5.82 Å². The quantitative estimate of drug-likeness (QED) is 0.403. The van der Waals surface area contributed by atoms with Gasteiger partial charge in [0.05, 0.1) is 0 Å². The van der Waals surface area contributed by atoms with E-state index in [0.717, 1.165) is 37.5 Å². The lowest BCUT2D eigenvalue weighted by Gasteiger charge is -2.10. The van der Waals surface area contributed by atoms with Crippen LogP contribution in [0.25, 0.3) is 27.3 Å². The Balaban J connectivity index is 1.66. The Hall–Kier alpha value is -3.10. The number of fused-ring (bicyclic) bond motifs is 1. The lowest BCUT2D eigenvalue weighted by molar-refractivity contribution is 0.883. The third kappa shape index (κ3) is 3.06. The maximum Gasteiger partial charge on any atom is 0.202 e. The number of pyridine rings is 1. The van der Waals surface area contributed by atoms with Crippen molar-refractivity contribution in [1.82, 2.24) is 29.7 Å². The zero-order valence-corrected chi connectivity index (χ0v) is 16.5. The van der Waals surface area contributed by atoms with Gasteiger partial charge >= 0.3 is 0 Å². The molecule has 0 N–H and O–H groups in total. The minimum atomic E-state index is 0.752. The van der Waals surface area contributed by atoms with Crippen LogP contribution in [0.15, 0.2) is 77.4 Å². The summed E-state index contributed by atoms with van der Waals surface area (Å²) in [5.41, 5.74) is 1.95. The number of benzene rings is 1. The van der Waals surface area contributed by atoms with Crippen LogP contribution in [0.4, 0.5) is 0 Å². The highest BCUT2D eigenvalue weighted by atomic mass is 32.2. The Labute approximate surface area is 169 Å². The van der Waals surface area contributed by atoms with Crippen LogP contribution in [0.2, 0.25) is 0 Å². The third-order valence-corrected chi connectivity index (χ3v) is 6.11.